The minimum Gasteiger partial charge on any atom is -0.354 e. The molecule has 2 rings (SSSR count). The number of hydrogen-bond donors (Lipinski definition) is 2. The van der Waals surface area contributed by atoms with Gasteiger partial charge in [0.25, 0.3) is 0 Å². The van der Waals surface area contributed by atoms with Gasteiger partial charge in [-0.15, -0.1) is 0 Å². The smallest absolute Gasteiger partial charge is 0.203 e. The first-order chi connectivity index (χ1) is 8.72. The Labute approximate surface area is 108 Å². The average Bonchev–Trinajstić information content (AvgIpc) is 2.68. The molecule has 3 N–H and O–H groups in total. The van der Waals surface area contributed by atoms with Gasteiger partial charge < -0.3 is 20.5 Å². The van der Waals surface area contributed by atoms with Crippen molar-refractivity contribution in [3.8, 4) is 0 Å². The molecule has 1 aromatic carbocycles. The first kappa shape index (κ1) is 12.9. The summed E-state index contributed by atoms with van der Waals surface area (Å²) in [5, 5.41) is 3.37. The van der Waals surface area contributed by atoms with E-state index in [4.69, 9.17) is 5.73 Å². The number of benzene rings is 1. The lowest BCUT2D eigenvalue weighted by atomic mass is 10.3. The van der Waals surface area contributed by atoms with Crippen LogP contribution in [0.5, 0.6) is 0 Å². The van der Waals surface area contributed by atoms with Crippen LogP contribution in [0, 0.1) is 0 Å². The second kappa shape index (κ2) is 5.84. The monoisotopic (exact) mass is 247 g/mol. The molecular weight excluding hydrogens is 226 g/mol. The van der Waals surface area contributed by atoms with Crippen LogP contribution in [0.1, 0.15) is 0 Å². The quantitative estimate of drug-likeness (QED) is 0.798. The third-order valence-electron chi connectivity index (χ3n) is 2.85. The van der Waals surface area contributed by atoms with Crippen LogP contribution in [0.25, 0.3) is 11.0 Å². The van der Waals surface area contributed by atoms with Gasteiger partial charge in [0.15, 0.2) is 0 Å². The fraction of sp³-hybridized carbons (Fsp3) is 0.462. The highest BCUT2D eigenvalue weighted by atomic mass is 15.2. The molecule has 0 bridgehead atoms. The molecule has 0 aliphatic rings. The maximum Gasteiger partial charge on any atom is 0.203 e. The third kappa shape index (κ3) is 2.80. The molecule has 0 fully saturated rings. The molecule has 2 aromatic rings. The van der Waals surface area contributed by atoms with Crippen molar-refractivity contribution in [2.45, 2.75) is 6.54 Å². The van der Waals surface area contributed by atoms with Crippen molar-refractivity contribution in [1.82, 2.24) is 14.5 Å². The standard InChI is InChI=1S/C13H21N5/c1-17(2)10-8-15-13-16-11-5-3-4-6-12(11)18(13)9-7-14/h3-6H,7-10,14H2,1-2H3,(H,15,16). The predicted molar refractivity (Wildman–Crippen MR) is 75.8 cm³/mol. The van der Waals surface area contributed by atoms with E-state index >= 15 is 0 Å². The number of imidazole rings is 1. The van der Waals surface area contributed by atoms with E-state index < -0.39 is 0 Å². The van der Waals surface area contributed by atoms with E-state index in [1.54, 1.807) is 0 Å². The molecule has 1 aromatic heterocycles. The summed E-state index contributed by atoms with van der Waals surface area (Å²) in [7, 11) is 4.12. The zero-order valence-corrected chi connectivity index (χ0v) is 11.1. The number of anilines is 1. The van der Waals surface area contributed by atoms with E-state index in [0.29, 0.717) is 6.54 Å². The van der Waals surface area contributed by atoms with Gasteiger partial charge in [0.05, 0.1) is 11.0 Å². The Morgan fingerprint density at radius 3 is 2.83 bits per heavy atom. The van der Waals surface area contributed by atoms with E-state index in [1.165, 1.54) is 0 Å². The molecule has 0 radical (unpaired) electrons. The molecule has 0 aliphatic heterocycles. The van der Waals surface area contributed by atoms with Crippen molar-refractivity contribution in [2.75, 3.05) is 39.0 Å². The first-order valence-electron chi connectivity index (χ1n) is 6.26. The Kier molecular flexibility index (Phi) is 4.17. The van der Waals surface area contributed by atoms with Gasteiger partial charge in [0, 0.05) is 26.2 Å². The summed E-state index contributed by atoms with van der Waals surface area (Å²) in [5.74, 6) is 0.906. The second-order valence-corrected chi connectivity index (χ2v) is 4.59. The molecule has 0 amide bonds. The zero-order valence-electron chi connectivity index (χ0n) is 11.1. The molecule has 5 heteroatoms. The molecule has 98 valence electrons. The van der Waals surface area contributed by atoms with Gasteiger partial charge in [0.2, 0.25) is 5.95 Å². The van der Waals surface area contributed by atoms with Gasteiger partial charge in [-0.05, 0) is 26.2 Å². The summed E-state index contributed by atoms with van der Waals surface area (Å²) in [6, 6.07) is 8.14. The molecule has 0 saturated heterocycles. The Hall–Kier alpha value is -1.59. The Balaban J connectivity index is 2.22. The Bertz CT molecular complexity index is 503. The van der Waals surface area contributed by atoms with Crippen molar-refractivity contribution in [1.29, 1.82) is 0 Å². The number of nitrogens with two attached hydrogens (primary N) is 1. The van der Waals surface area contributed by atoms with Crippen molar-refractivity contribution >= 4 is 17.0 Å². The third-order valence-corrected chi connectivity index (χ3v) is 2.85. The van der Waals surface area contributed by atoms with Crippen LogP contribution in [0.3, 0.4) is 0 Å². The molecule has 0 atom stereocenters. The number of hydrogen-bond acceptors (Lipinski definition) is 4. The highest BCUT2D eigenvalue weighted by Crippen LogP contribution is 2.18. The minimum absolute atomic E-state index is 0.614. The number of likely N-dealkylation sites (N-methyl/N-ethyl adjacent to an activating group) is 1. The van der Waals surface area contributed by atoms with Crippen molar-refractivity contribution in [2.24, 2.45) is 5.73 Å². The first-order valence-corrected chi connectivity index (χ1v) is 6.26. The molecule has 1 heterocycles. The normalized spacial score (nSPS) is 11.3. The van der Waals surface area contributed by atoms with Crippen LogP contribution in [0.15, 0.2) is 24.3 Å². The number of aromatic nitrogens is 2. The number of fused-ring (bicyclic) bond motifs is 1. The fourth-order valence-corrected chi connectivity index (χ4v) is 1.96. The number of nitrogens with zero attached hydrogens (tertiary/aromatic N) is 3. The van der Waals surface area contributed by atoms with Gasteiger partial charge in [-0.25, -0.2) is 4.98 Å². The van der Waals surface area contributed by atoms with E-state index in [9.17, 15) is 0 Å². The summed E-state index contributed by atoms with van der Waals surface area (Å²) in [4.78, 5) is 6.75. The van der Waals surface area contributed by atoms with E-state index in [1.807, 2.05) is 18.2 Å². The summed E-state index contributed by atoms with van der Waals surface area (Å²) >= 11 is 0. The molecule has 0 saturated carbocycles. The van der Waals surface area contributed by atoms with Gasteiger partial charge >= 0.3 is 0 Å². The largest absolute Gasteiger partial charge is 0.354 e. The van der Waals surface area contributed by atoms with Crippen LogP contribution >= 0.6 is 0 Å². The average molecular weight is 247 g/mol. The maximum atomic E-state index is 5.67. The highest BCUT2D eigenvalue weighted by molar-refractivity contribution is 5.78. The SMILES string of the molecule is CN(C)CCNc1nc2ccccc2n1CCN. The Morgan fingerprint density at radius 2 is 2.11 bits per heavy atom. The van der Waals surface area contributed by atoms with Crippen LogP contribution in [-0.2, 0) is 6.54 Å². The predicted octanol–water partition coefficient (Wildman–Crippen LogP) is 0.968. The number of rotatable bonds is 6. The van der Waals surface area contributed by atoms with Crippen molar-refractivity contribution in [3.63, 3.8) is 0 Å². The summed E-state index contributed by atoms with van der Waals surface area (Å²) < 4.78 is 2.14. The van der Waals surface area contributed by atoms with Crippen molar-refractivity contribution < 1.29 is 0 Å². The van der Waals surface area contributed by atoms with Crippen LogP contribution in [0.4, 0.5) is 5.95 Å². The molecular formula is C13H21N5. The maximum absolute atomic E-state index is 5.67. The number of nitrogens with one attached hydrogen (secondary N) is 1. The zero-order chi connectivity index (χ0) is 13.0. The van der Waals surface area contributed by atoms with Gasteiger partial charge in [-0.3, -0.25) is 0 Å². The lowest BCUT2D eigenvalue weighted by Crippen LogP contribution is -2.22. The number of para-hydroxylation sites is 2. The van der Waals surface area contributed by atoms with Crippen LogP contribution < -0.4 is 11.1 Å². The van der Waals surface area contributed by atoms with Gasteiger partial charge in [0.1, 0.15) is 0 Å². The summed E-state index contributed by atoms with van der Waals surface area (Å²) in [5.41, 5.74) is 7.82. The lowest BCUT2D eigenvalue weighted by Gasteiger charge is -2.12. The van der Waals surface area contributed by atoms with E-state index in [2.05, 4.69) is 39.9 Å². The minimum atomic E-state index is 0.614. The topological polar surface area (TPSA) is 59.1 Å². The van der Waals surface area contributed by atoms with Crippen LogP contribution in [-0.4, -0.2) is 48.2 Å². The second-order valence-electron chi connectivity index (χ2n) is 4.59. The fourth-order valence-electron chi connectivity index (χ4n) is 1.96. The van der Waals surface area contributed by atoms with Gasteiger partial charge in [-0.2, -0.15) is 0 Å². The Morgan fingerprint density at radius 1 is 1.33 bits per heavy atom. The highest BCUT2D eigenvalue weighted by Gasteiger charge is 2.08. The van der Waals surface area contributed by atoms with E-state index in [-0.39, 0.29) is 0 Å². The molecule has 0 aliphatic carbocycles. The van der Waals surface area contributed by atoms with Crippen LogP contribution in [0.2, 0.25) is 0 Å². The summed E-state index contributed by atoms with van der Waals surface area (Å²) in [6.45, 7) is 3.25. The molecule has 0 unspecified atom stereocenters. The van der Waals surface area contributed by atoms with E-state index in [0.717, 1.165) is 36.6 Å². The lowest BCUT2D eigenvalue weighted by molar-refractivity contribution is 0.424. The molecule has 18 heavy (non-hydrogen) atoms. The van der Waals surface area contributed by atoms with Gasteiger partial charge in [-0.1, -0.05) is 12.1 Å². The summed E-state index contributed by atoms with van der Waals surface area (Å²) in [6.07, 6.45) is 0. The molecule has 0 spiro atoms. The van der Waals surface area contributed by atoms with Crippen molar-refractivity contribution in [3.05, 3.63) is 24.3 Å². The molecule has 5 nitrogen and oxygen atoms in total.